The summed E-state index contributed by atoms with van der Waals surface area (Å²) >= 11 is 0. The fourth-order valence-corrected chi connectivity index (χ4v) is 12.1. The molecule has 3 aliphatic rings. The molecule has 3 aliphatic carbocycles. The Kier molecular flexibility index (Phi) is 7.80. The Bertz CT molecular complexity index is 3620. The molecule has 0 radical (unpaired) electrons. The molecule has 0 aliphatic heterocycles. The van der Waals surface area contributed by atoms with E-state index in [4.69, 9.17) is 4.42 Å². The Morgan fingerprint density at radius 2 is 0.862 bits per heavy atom. The number of fused-ring (bicyclic) bond motifs is 12. The van der Waals surface area contributed by atoms with Crippen LogP contribution in [0, 0.1) is 0 Å². The first-order chi connectivity index (χ1) is 31.5. The third-order valence-electron chi connectivity index (χ3n) is 15.5. The van der Waals surface area contributed by atoms with Crippen molar-refractivity contribution in [1.82, 2.24) is 0 Å². The molecule has 1 aromatic heterocycles. The van der Waals surface area contributed by atoms with Gasteiger partial charge >= 0.3 is 0 Å². The number of nitrogens with zero attached hydrogens (tertiary/aromatic N) is 1. The number of rotatable bonds is 5. The first-order valence-electron chi connectivity index (χ1n) is 23.1. The standard InChI is InChI=1S/C63H49NO/c1-61(2)50-24-13-10-19-44(50)45-34-32-42(36-53(45)61)64(41-30-27-39(28-31-41)43-22-16-23-47-46-20-12-15-26-56(46)65-60(43)47)59-57-48-21-11-14-25-51(48)62(3,4)54(57)37-55-58(59)49-33-29-40(35-52(49)63(55,5)6)38-17-8-7-9-18-38/h7-37H,1-6H3. The van der Waals surface area contributed by atoms with E-state index in [0.717, 1.165) is 44.4 Å². The van der Waals surface area contributed by atoms with E-state index < -0.39 is 0 Å². The molecule has 0 saturated heterocycles. The maximum absolute atomic E-state index is 6.58. The van der Waals surface area contributed by atoms with Gasteiger partial charge in [0.25, 0.3) is 0 Å². The van der Waals surface area contributed by atoms with Crippen LogP contribution in [0.3, 0.4) is 0 Å². The van der Waals surface area contributed by atoms with Crippen LogP contribution in [0.25, 0.3) is 77.6 Å². The van der Waals surface area contributed by atoms with Gasteiger partial charge in [-0.3, -0.25) is 0 Å². The molecule has 0 atom stereocenters. The van der Waals surface area contributed by atoms with Crippen molar-refractivity contribution in [3.05, 3.63) is 221 Å². The van der Waals surface area contributed by atoms with Crippen molar-refractivity contribution >= 4 is 39.0 Å². The zero-order valence-corrected chi connectivity index (χ0v) is 37.8. The minimum Gasteiger partial charge on any atom is -0.455 e. The van der Waals surface area contributed by atoms with Gasteiger partial charge in [-0.05, 0) is 109 Å². The summed E-state index contributed by atoms with van der Waals surface area (Å²) in [6.45, 7) is 14.5. The van der Waals surface area contributed by atoms with Crippen molar-refractivity contribution in [2.24, 2.45) is 0 Å². The van der Waals surface area contributed by atoms with Crippen LogP contribution in [-0.4, -0.2) is 0 Å². The summed E-state index contributed by atoms with van der Waals surface area (Å²) in [5.74, 6) is 0. The van der Waals surface area contributed by atoms with Crippen molar-refractivity contribution in [3.8, 4) is 55.6 Å². The number of anilines is 3. The molecule has 9 aromatic carbocycles. The van der Waals surface area contributed by atoms with E-state index in [9.17, 15) is 0 Å². The molecule has 0 amide bonds. The smallest absolute Gasteiger partial charge is 0.143 e. The molecule has 2 heteroatoms. The quantitative estimate of drug-likeness (QED) is 0.172. The zero-order chi connectivity index (χ0) is 44.0. The van der Waals surface area contributed by atoms with Crippen LogP contribution >= 0.6 is 0 Å². The van der Waals surface area contributed by atoms with Gasteiger partial charge in [-0.25, -0.2) is 0 Å². The van der Waals surface area contributed by atoms with E-state index in [1.807, 2.05) is 6.07 Å². The van der Waals surface area contributed by atoms with Gasteiger partial charge in [-0.1, -0.05) is 193 Å². The first kappa shape index (κ1) is 38.1. The number of benzene rings is 9. The largest absolute Gasteiger partial charge is 0.455 e. The second kappa shape index (κ2) is 13.3. The third kappa shape index (κ3) is 5.23. The Labute approximate surface area is 381 Å². The molecular formula is C63H49NO. The third-order valence-corrected chi connectivity index (χ3v) is 15.5. The SMILES string of the molecule is CC1(C)c2ccccc2-c2ccc(N(c3ccc(-c4cccc5c4oc4ccccc45)cc3)c3c4c(cc5c3-c3ccc(-c6ccccc6)cc3C5(C)C)C(C)(C)c3ccccc3-4)cc21. The molecule has 2 nitrogen and oxygen atoms in total. The fourth-order valence-electron chi connectivity index (χ4n) is 12.1. The molecular weight excluding hydrogens is 787 g/mol. The Balaban J connectivity index is 1.10. The van der Waals surface area contributed by atoms with Gasteiger partial charge in [0.2, 0.25) is 0 Å². The highest BCUT2D eigenvalue weighted by Crippen LogP contribution is 2.63. The molecule has 0 bridgehead atoms. The molecule has 312 valence electrons. The highest BCUT2D eigenvalue weighted by molar-refractivity contribution is 6.10. The van der Waals surface area contributed by atoms with Gasteiger partial charge in [0.05, 0.1) is 5.69 Å². The molecule has 0 unspecified atom stereocenters. The van der Waals surface area contributed by atoms with Crippen molar-refractivity contribution in [3.63, 3.8) is 0 Å². The minimum atomic E-state index is -0.257. The average molecular weight is 836 g/mol. The number of hydrogen-bond donors (Lipinski definition) is 0. The van der Waals surface area contributed by atoms with Crippen molar-refractivity contribution in [1.29, 1.82) is 0 Å². The lowest BCUT2D eigenvalue weighted by Gasteiger charge is -2.33. The van der Waals surface area contributed by atoms with Crippen LogP contribution < -0.4 is 4.90 Å². The highest BCUT2D eigenvalue weighted by atomic mass is 16.3. The highest BCUT2D eigenvalue weighted by Gasteiger charge is 2.46. The maximum atomic E-state index is 6.58. The summed E-state index contributed by atoms with van der Waals surface area (Å²) in [5, 5.41) is 2.28. The first-order valence-corrected chi connectivity index (χ1v) is 23.1. The van der Waals surface area contributed by atoms with Crippen LogP contribution in [0.15, 0.2) is 192 Å². The van der Waals surface area contributed by atoms with Gasteiger partial charge in [0, 0.05) is 55.1 Å². The van der Waals surface area contributed by atoms with E-state index >= 15 is 0 Å². The van der Waals surface area contributed by atoms with E-state index in [-0.39, 0.29) is 16.2 Å². The fraction of sp³-hybridized carbons (Fsp3) is 0.143. The van der Waals surface area contributed by atoms with Crippen LogP contribution in [0.1, 0.15) is 74.9 Å². The summed E-state index contributed by atoms with van der Waals surface area (Å²) in [4.78, 5) is 2.61. The van der Waals surface area contributed by atoms with Crippen molar-refractivity contribution in [2.75, 3.05) is 4.90 Å². The van der Waals surface area contributed by atoms with E-state index in [2.05, 4.69) is 228 Å². The van der Waals surface area contributed by atoms with Crippen LogP contribution in [-0.2, 0) is 16.2 Å². The average Bonchev–Trinajstić information content (AvgIpc) is 3.98. The number of hydrogen-bond acceptors (Lipinski definition) is 2. The van der Waals surface area contributed by atoms with Crippen LogP contribution in [0.2, 0.25) is 0 Å². The lowest BCUT2D eigenvalue weighted by atomic mass is 9.77. The predicted octanol–water partition coefficient (Wildman–Crippen LogP) is 17.3. The lowest BCUT2D eigenvalue weighted by Crippen LogP contribution is -2.21. The molecule has 0 fully saturated rings. The van der Waals surface area contributed by atoms with Crippen LogP contribution in [0.4, 0.5) is 17.1 Å². The zero-order valence-electron chi connectivity index (χ0n) is 37.8. The summed E-state index contributed by atoms with van der Waals surface area (Å²) in [5.41, 5.74) is 25.5. The Hall–Kier alpha value is -7.42. The molecule has 13 rings (SSSR count). The molecule has 0 N–H and O–H groups in total. The van der Waals surface area contributed by atoms with Crippen LogP contribution in [0.5, 0.6) is 0 Å². The van der Waals surface area contributed by atoms with Crippen molar-refractivity contribution < 1.29 is 4.42 Å². The molecule has 0 spiro atoms. The Morgan fingerprint density at radius 1 is 0.338 bits per heavy atom. The molecule has 10 aromatic rings. The van der Waals surface area contributed by atoms with Gasteiger partial charge < -0.3 is 9.32 Å². The molecule has 0 saturated carbocycles. The Morgan fingerprint density at radius 3 is 1.63 bits per heavy atom. The second-order valence-corrected chi connectivity index (χ2v) is 20.1. The van der Waals surface area contributed by atoms with Gasteiger partial charge in [0.15, 0.2) is 0 Å². The topological polar surface area (TPSA) is 16.4 Å². The lowest BCUT2D eigenvalue weighted by molar-refractivity contribution is 0.639. The predicted molar refractivity (Wildman–Crippen MR) is 272 cm³/mol. The second-order valence-electron chi connectivity index (χ2n) is 20.1. The summed E-state index contributed by atoms with van der Waals surface area (Å²) in [6, 6.07) is 70.1. The maximum Gasteiger partial charge on any atom is 0.143 e. The number of furan rings is 1. The summed E-state index contributed by atoms with van der Waals surface area (Å²) in [6.07, 6.45) is 0. The van der Waals surface area contributed by atoms with Crippen molar-refractivity contribution in [2.45, 2.75) is 57.8 Å². The number of para-hydroxylation sites is 2. The normalized spacial score (nSPS) is 15.3. The molecule has 1 heterocycles. The summed E-state index contributed by atoms with van der Waals surface area (Å²) < 4.78 is 6.58. The van der Waals surface area contributed by atoms with E-state index in [1.54, 1.807) is 0 Å². The van der Waals surface area contributed by atoms with E-state index in [1.165, 1.54) is 83.6 Å². The van der Waals surface area contributed by atoms with Gasteiger partial charge in [-0.15, -0.1) is 0 Å². The molecule has 65 heavy (non-hydrogen) atoms. The summed E-state index contributed by atoms with van der Waals surface area (Å²) in [7, 11) is 0. The minimum absolute atomic E-state index is 0.166. The monoisotopic (exact) mass is 835 g/mol. The van der Waals surface area contributed by atoms with Gasteiger partial charge in [0.1, 0.15) is 11.2 Å². The van der Waals surface area contributed by atoms with Gasteiger partial charge in [-0.2, -0.15) is 0 Å². The van der Waals surface area contributed by atoms with E-state index in [0.29, 0.717) is 0 Å².